The lowest BCUT2D eigenvalue weighted by molar-refractivity contribution is -0.218. The first-order valence-electron chi connectivity index (χ1n) is 16.7. The van der Waals surface area contributed by atoms with Gasteiger partial charge in [0.2, 0.25) is 6.10 Å². The molecular formula is C36H56O8. The molecular weight excluding hydrogens is 560 g/mol. The molecule has 0 amide bonds. The van der Waals surface area contributed by atoms with Crippen LogP contribution in [0.5, 0.6) is 0 Å². The molecule has 1 aliphatic heterocycles. The van der Waals surface area contributed by atoms with Crippen molar-refractivity contribution in [2.75, 3.05) is 0 Å². The van der Waals surface area contributed by atoms with Gasteiger partial charge in [0.1, 0.15) is 17.8 Å². The van der Waals surface area contributed by atoms with E-state index >= 15 is 0 Å². The largest absolute Gasteiger partial charge is 0.462 e. The van der Waals surface area contributed by atoms with Crippen LogP contribution in [-0.2, 0) is 28.6 Å². The fourth-order valence-electron chi connectivity index (χ4n) is 9.50. The Kier molecular flexibility index (Phi) is 9.89. The summed E-state index contributed by atoms with van der Waals surface area (Å²) in [5, 5.41) is 23.5. The molecule has 0 aromatic carbocycles. The van der Waals surface area contributed by atoms with Crippen LogP contribution in [0.3, 0.4) is 0 Å². The second kappa shape index (κ2) is 12.5. The van der Waals surface area contributed by atoms with Crippen molar-refractivity contribution in [3.8, 4) is 0 Å². The van der Waals surface area contributed by atoms with Crippen molar-refractivity contribution in [1.82, 2.24) is 0 Å². The van der Waals surface area contributed by atoms with E-state index in [1.54, 1.807) is 13.8 Å². The molecule has 248 valence electrons. The number of aliphatic hydroxyl groups is 2. The standard InChI is InChI=1S/C36H56O8/c1-11-20(4)15-35(10,40)18-30(38)44-29-17-34(9)16-26-21(5)12-13-27-23(7)42-33(39)32(43-24(8)37)36(27,41)22(6)25(26)14-28(34)31(29)19(2)3/h12,19-20,23,25-29,31-32,40-41H,6,11,13-18H2,1-5,7-10H3/b21-12-/t20?,23-,25+,26+,27-,28-,29+,31+,32+,34-,35?,36+/m0/s1. The Morgan fingerprint density at radius 3 is 2.43 bits per heavy atom. The van der Waals surface area contributed by atoms with Crippen LogP contribution in [0, 0.1) is 46.8 Å². The van der Waals surface area contributed by atoms with E-state index in [1.165, 1.54) is 12.5 Å². The van der Waals surface area contributed by atoms with Gasteiger partial charge in [0.15, 0.2) is 0 Å². The van der Waals surface area contributed by atoms with E-state index in [0.717, 1.165) is 19.3 Å². The number of allylic oxidation sites excluding steroid dienone is 2. The molecule has 3 aliphatic carbocycles. The van der Waals surface area contributed by atoms with E-state index in [9.17, 15) is 24.6 Å². The normalized spacial score (nSPS) is 41.9. The number of hydrogen-bond donors (Lipinski definition) is 2. The van der Waals surface area contributed by atoms with Crippen LogP contribution < -0.4 is 0 Å². The molecule has 12 atom stereocenters. The second-order valence-corrected chi connectivity index (χ2v) is 15.6. The van der Waals surface area contributed by atoms with Crippen LogP contribution in [0.1, 0.15) is 107 Å². The zero-order valence-electron chi connectivity index (χ0n) is 28.4. The average Bonchev–Trinajstić information content (AvgIpc) is 3.18. The van der Waals surface area contributed by atoms with E-state index in [2.05, 4.69) is 54.2 Å². The van der Waals surface area contributed by atoms with E-state index in [-0.39, 0.29) is 53.5 Å². The summed E-state index contributed by atoms with van der Waals surface area (Å²) in [5.74, 6) is -1.59. The third kappa shape index (κ3) is 6.40. The molecule has 0 radical (unpaired) electrons. The SMILES string of the molecule is C=C1[C@H]2C[C@H]3[C@@H](C(C)C)[C@H](OC(=O)CC(C)(O)CC(C)CC)C[C@]3(C)C[C@@H]2/C(C)=C\C[C@H]2[C@H](C)OC(=O)[C@@H](OC(C)=O)[C@@]12O. The van der Waals surface area contributed by atoms with Gasteiger partial charge in [-0.2, -0.15) is 0 Å². The molecule has 1 heterocycles. The van der Waals surface area contributed by atoms with E-state index in [4.69, 9.17) is 14.2 Å². The summed E-state index contributed by atoms with van der Waals surface area (Å²) < 4.78 is 17.3. The third-order valence-corrected chi connectivity index (χ3v) is 11.8. The fourth-order valence-corrected chi connectivity index (χ4v) is 9.50. The average molecular weight is 617 g/mol. The van der Waals surface area contributed by atoms with Gasteiger partial charge in [0, 0.05) is 18.8 Å². The zero-order valence-corrected chi connectivity index (χ0v) is 28.4. The van der Waals surface area contributed by atoms with Crippen LogP contribution in [0.2, 0.25) is 0 Å². The molecule has 8 nitrogen and oxygen atoms in total. The van der Waals surface area contributed by atoms with Crippen LogP contribution in [0.15, 0.2) is 23.8 Å². The summed E-state index contributed by atoms with van der Waals surface area (Å²) in [7, 11) is 0. The van der Waals surface area contributed by atoms with Crippen molar-refractivity contribution >= 4 is 17.9 Å². The maximum atomic E-state index is 13.3. The van der Waals surface area contributed by atoms with Gasteiger partial charge >= 0.3 is 17.9 Å². The number of cyclic esters (lactones) is 1. The summed E-state index contributed by atoms with van der Waals surface area (Å²) in [6, 6.07) is 0. The minimum absolute atomic E-state index is 0.0375. The molecule has 2 N–H and O–H groups in total. The highest BCUT2D eigenvalue weighted by Gasteiger charge is 2.64. The molecule has 8 heteroatoms. The molecule has 4 aliphatic rings. The van der Waals surface area contributed by atoms with Crippen LogP contribution in [0.25, 0.3) is 0 Å². The maximum absolute atomic E-state index is 13.3. The van der Waals surface area contributed by atoms with Crippen molar-refractivity contribution in [1.29, 1.82) is 0 Å². The zero-order chi connectivity index (χ0) is 32.9. The molecule has 0 aromatic rings. The lowest BCUT2D eigenvalue weighted by atomic mass is 9.53. The molecule has 2 unspecified atom stereocenters. The first kappa shape index (κ1) is 34.7. The molecule has 1 saturated heterocycles. The van der Waals surface area contributed by atoms with Crippen molar-refractivity contribution in [2.24, 2.45) is 46.8 Å². The Bertz CT molecular complexity index is 1170. The first-order valence-corrected chi connectivity index (χ1v) is 16.7. The van der Waals surface area contributed by atoms with Crippen molar-refractivity contribution in [3.63, 3.8) is 0 Å². The predicted molar refractivity (Wildman–Crippen MR) is 167 cm³/mol. The van der Waals surface area contributed by atoms with Gasteiger partial charge in [-0.15, -0.1) is 0 Å². The van der Waals surface area contributed by atoms with Crippen molar-refractivity contribution < 1.29 is 38.8 Å². The fraction of sp³-hybridized carbons (Fsp3) is 0.806. The molecule has 0 spiro atoms. The highest BCUT2D eigenvalue weighted by Crippen LogP contribution is 2.63. The smallest absolute Gasteiger partial charge is 0.351 e. The summed E-state index contributed by atoms with van der Waals surface area (Å²) >= 11 is 0. The Morgan fingerprint density at radius 1 is 1.18 bits per heavy atom. The second-order valence-electron chi connectivity index (χ2n) is 15.6. The summed E-state index contributed by atoms with van der Waals surface area (Å²) in [6.45, 7) is 22.1. The number of rotatable bonds is 8. The number of carbonyl (C=O) groups excluding carboxylic acids is 3. The summed E-state index contributed by atoms with van der Waals surface area (Å²) in [6.07, 6.45) is 3.97. The lowest BCUT2D eigenvalue weighted by Crippen LogP contribution is -2.65. The predicted octanol–water partition coefficient (Wildman–Crippen LogP) is 5.93. The minimum Gasteiger partial charge on any atom is -0.462 e. The maximum Gasteiger partial charge on any atom is 0.351 e. The van der Waals surface area contributed by atoms with Gasteiger partial charge in [0.05, 0.1) is 12.0 Å². The molecule has 44 heavy (non-hydrogen) atoms. The Hall–Kier alpha value is -2.19. The lowest BCUT2D eigenvalue weighted by Gasteiger charge is -2.54. The van der Waals surface area contributed by atoms with Crippen LogP contribution >= 0.6 is 0 Å². The van der Waals surface area contributed by atoms with Gasteiger partial charge in [-0.1, -0.05) is 59.3 Å². The third-order valence-electron chi connectivity index (χ3n) is 11.8. The van der Waals surface area contributed by atoms with Crippen LogP contribution in [0.4, 0.5) is 0 Å². The number of ether oxygens (including phenoxy) is 3. The number of carbonyl (C=O) groups is 3. The molecule has 2 saturated carbocycles. The van der Waals surface area contributed by atoms with Crippen molar-refractivity contribution in [2.45, 2.75) is 137 Å². The molecule has 0 aromatic heterocycles. The number of esters is 3. The highest BCUT2D eigenvalue weighted by molar-refractivity contribution is 5.82. The minimum atomic E-state index is -1.77. The number of hydrogen-bond acceptors (Lipinski definition) is 8. The summed E-state index contributed by atoms with van der Waals surface area (Å²) in [4.78, 5) is 38.5. The Balaban J connectivity index is 1.66. The van der Waals surface area contributed by atoms with Gasteiger partial charge in [-0.3, -0.25) is 9.59 Å². The van der Waals surface area contributed by atoms with Gasteiger partial charge in [0.25, 0.3) is 0 Å². The number of fused-ring (bicyclic) bond motifs is 3. The quantitative estimate of drug-likeness (QED) is 0.196. The molecule has 0 bridgehead atoms. The molecule has 4 rings (SSSR count). The van der Waals surface area contributed by atoms with Gasteiger partial charge < -0.3 is 24.4 Å². The van der Waals surface area contributed by atoms with Gasteiger partial charge in [-0.25, -0.2) is 4.79 Å². The van der Waals surface area contributed by atoms with Crippen molar-refractivity contribution in [3.05, 3.63) is 23.8 Å². The Morgan fingerprint density at radius 2 is 1.84 bits per heavy atom. The van der Waals surface area contributed by atoms with Gasteiger partial charge in [-0.05, 0) is 93.5 Å². The topological polar surface area (TPSA) is 119 Å². The van der Waals surface area contributed by atoms with E-state index in [1.807, 2.05) is 0 Å². The van der Waals surface area contributed by atoms with E-state index < -0.39 is 41.3 Å². The monoisotopic (exact) mass is 616 g/mol. The Labute approximate surface area is 264 Å². The first-order chi connectivity index (χ1) is 20.3. The molecule has 3 fully saturated rings. The van der Waals surface area contributed by atoms with E-state index in [0.29, 0.717) is 30.8 Å². The van der Waals surface area contributed by atoms with Crippen LogP contribution in [-0.4, -0.2) is 57.6 Å². The highest BCUT2D eigenvalue weighted by atomic mass is 16.6. The summed E-state index contributed by atoms with van der Waals surface area (Å²) in [5.41, 5.74) is -1.27.